The zero-order chi connectivity index (χ0) is 25.2. The average Bonchev–Trinajstić information content (AvgIpc) is 3.38. The Morgan fingerprint density at radius 3 is 2.61 bits per heavy atom. The number of ether oxygens (including phenoxy) is 2. The lowest BCUT2D eigenvalue weighted by Gasteiger charge is -2.53. The maximum Gasteiger partial charge on any atom is 0.223 e. The number of hydrogen-bond acceptors (Lipinski definition) is 7. The number of unbranched alkanes of at least 4 members (excludes halogenated alkanes) is 1. The van der Waals surface area contributed by atoms with Crippen molar-refractivity contribution in [2.24, 2.45) is 16.5 Å². The molecule has 1 N–H and O–H groups in total. The third-order valence-electron chi connectivity index (χ3n) is 8.09. The standard InChI is InChI=1S/C27H33ClN4O4/c1-2-3-13-32-14-8-19(9-15-32)21-18-22(30-25(28)29-21)23(33)20-7-6-11-26(24(20)31-34)10-4-5-12-27(26)35-16-17-36-27/h8-9,14-15,18,20H,2-7,10-13,16-17H2,1H3/p+1/b31-24-/t20?,26-/m0/s1. The molecule has 0 bridgehead atoms. The van der Waals surface area contributed by atoms with Crippen LogP contribution in [-0.2, 0) is 16.0 Å². The minimum Gasteiger partial charge on any atom is -0.411 e. The van der Waals surface area contributed by atoms with E-state index < -0.39 is 17.1 Å². The van der Waals surface area contributed by atoms with Gasteiger partial charge in [0.1, 0.15) is 12.2 Å². The molecule has 0 amide bonds. The molecule has 36 heavy (non-hydrogen) atoms. The number of carbonyl (C=O) groups is 1. The first-order valence-electron chi connectivity index (χ1n) is 13.1. The maximum absolute atomic E-state index is 13.9. The summed E-state index contributed by atoms with van der Waals surface area (Å²) in [6.45, 7) is 4.14. The van der Waals surface area contributed by atoms with E-state index in [2.05, 4.69) is 26.6 Å². The van der Waals surface area contributed by atoms with E-state index in [-0.39, 0.29) is 16.8 Å². The highest BCUT2D eigenvalue weighted by Crippen LogP contribution is 2.56. The van der Waals surface area contributed by atoms with Crippen molar-refractivity contribution in [2.75, 3.05) is 13.2 Å². The summed E-state index contributed by atoms with van der Waals surface area (Å²) in [7, 11) is 0. The molecule has 0 aromatic carbocycles. The van der Waals surface area contributed by atoms with Gasteiger partial charge in [-0.15, -0.1) is 0 Å². The molecule has 3 heterocycles. The molecule has 5 rings (SSSR count). The summed E-state index contributed by atoms with van der Waals surface area (Å²) in [5.74, 6) is -1.64. The molecule has 2 spiro atoms. The fourth-order valence-corrected chi connectivity index (χ4v) is 6.53. The van der Waals surface area contributed by atoms with Crippen LogP contribution in [0.2, 0.25) is 5.28 Å². The Kier molecular flexibility index (Phi) is 7.37. The van der Waals surface area contributed by atoms with E-state index in [0.29, 0.717) is 31.0 Å². The zero-order valence-electron chi connectivity index (χ0n) is 20.8. The van der Waals surface area contributed by atoms with Crippen LogP contribution in [0.3, 0.4) is 0 Å². The molecule has 1 unspecified atom stereocenters. The van der Waals surface area contributed by atoms with Crippen LogP contribution in [0.5, 0.6) is 0 Å². The minimum absolute atomic E-state index is 0.0168. The van der Waals surface area contributed by atoms with Crippen molar-refractivity contribution in [3.63, 3.8) is 0 Å². The van der Waals surface area contributed by atoms with Gasteiger partial charge in [0.05, 0.1) is 36.0 Å². The second-order valence-electron chi connectivity index (χ2n) is 10.1. The normalized spacial score (nSPS) is 26.6. The van der Waals surface area contributed by atoms with Crippen LogP contribution in [0.25, 0.3) is 11.3 Å². The predicted molar refractivity (Wildman–Crippen MR) is 134 cm³/mol. The summed E-state index contributed by atoms with van der Waals surface area (Å²) in [6.07, 6.45) is 11.9. The number of aromatic nitrogens is 3. The molecule has 8 nitrogen and oxygen atoms in total. The van der Waals surface area contributed by atoms with Gasteiger partial charge in [-0.3, -0.25) is 4.79 Å². The summed E-state index contributed by atoms with van der Waals surface area (Å²) in [6, 6.07) is 5.63. The number of carbonyl (C=O) groups excluding carboxylic acids is 1. The molecule has 192 valence electrons. The Balaban J connectivity index is 1.45. The number of halogens is 1. The van der Waals surface area contributed by atoms with Crippen molar-refractivity contribution < 1.29 is 24.0 Å². The number of oxime groups is 1. The highest BCUT2D eigenvalue weighted by molar-refractivity contribution is 6.28. The van der Waals surface area contributed by atoms with Gasteiger partial charge in [-0.2, -0.15) is 0 Å². The molecular formula is C27H34ClN4O4+. The second-order valence-corrected chi connectivity index (χ2v) is 10.5. The van der Waals surface area contributed by atoms with Crippen molar-refractivity contribution in [3.8, 4) is 11.3 Å². The van der Waals surface area contributed by atoms with Crippen molar-refractivity contribution in [2.45, 2.75) is 77.0 Å². The number of ketones is 1. The lowest BCUT2D eigenvalue weighted by atomic mass is 9.57. The van der Waals surface area contributed by atoms with Gasteiger partial charge in [0.15, 0.2) is 24.0 Å². The Bertz CT molecular complexity index is 1130. The van der Waals surface area contributed by atoms with E-state index in [1.54, 1.807) is 6.07 Å². The molecule has 9 heteroatoms. The Hall–Kier alpha value is -2.42. The van der Waals surface area contributed by atoms with Crippen molar-refractivity contribution in [3.05, 3.63) is 41.6 Å². The first kappa shape index (κ1) is 25.2. The molecule has 0 radical (unpaired) electrons. The van der Waals surface area contributed by atoms with Crippen LogP contribution >= 0.6 is 11.6 Å². The van der Waals surface area contributed by atoms with Gasteiger partial charge in [0, 0.05) is 30.5 Å². The Morgan fingerprint density at radius 2 is 1.89 bits per heavy atom. The zero-order valence-corrected chi connectivity index (χ0v) is 21.5. The fraction of sp³-hybridized carbons (Fsp3) is 0.593. The number of fused-ring (bicyclic) bond motifs is 1. The van der Waals surface area contributed by atoms with Crippen molar-refractivity contribution in [1.29, 1.82) is 0 Å². The smallest absolute Gasteiger partial charge is 0.223 e. The second kappa shape index (κ2) is 10.5. The monoisotopic (exact) mass is 513 g/mol. The number of Topliss-reactive ketones (excluding diaryl/α,β-unsaturated/α-hetero) is 1. The number of hydrogen-bond donors (Lipinski definition) is 1. The van der Waals surface area contributed by atoms with Crippen molar-refractivity contribution >= 4 is 23.1 Å². The SMILES string of the molecule is CCCC[n+]1ccc(-c2cc(C(=O)C3CCC[C@@]4(CCCCC45OCCO5)/C3=N\O)nc(Cl)n2)cc1. The predicted octanol–water partition coefficient (Wildman–Crippen LogP) is 5.00. The quantitative estimate of drug-likeness (QED) is 0.192. The lowest BCUT2D eigenvalue weighted by Crippen LogP contribution is -2.60. The van der Waals surface area contributed by atoms with Crippen molar-refractivity contribution in [1.82, 2.24) is 9.97 Å². The molecule has 2 saturated carbocycles. The van der Waals surface area contributed by atoms with Gasteiger partial charge in [-0.25, -0.2) is 14.5 Å². The van der Waals surface area contributed by atoms with Crippen LogP contribution in [0, 0.1) is 11.3 Å². The summed E-state index contributed by atoms with van der Waals surface area (Å²) < 4.78 is 14.5. The topological polar surface area (TPSA) is 97.8 Å². The molecule has 2 atom stereocenters. The van der Waals surface area contributed by atoms with Gasteiger partial charge >= 0.3 is 0 Å². The molecular weight excluding hydrogens is 480 g/mol. The first-order chi connectivity index (χ1) is 17.5. The molecule has 1 aliphatic heterocycles. The summed E-state index contributed by atoms with van der Waals surface area (Å²) in [4.78, 5) is 22.5. The summed E-state index contributed by atoms with van der Waals surface area (Å²) in [5, 5.41) is 14.0. The van der Waals surface area contributed by atoms with Gasteiger partial charge in [-0.05, 0) is 43.4 Å². The number of nitrogens with zero attached hydrogens (tertiary/aromatic N) is 4. The van der Waals surface area contributed by atoms with Crippen LogP contribution in [0.15, 0.2) is 35.7 Å². The number of pyridine rings is 1. The third-order valence-corrected chi connectivity index (χ3v) is 8.26. The van der Waals surface area contributed by atoms with Gasteiger partial charge in [0.2, 0.25) is 5.28 Å². The summed E-state index contributed by atoms with van der Waals surface area (Å²) >= 11 is 6.29. The van der Waals surface area contributed by atoms with Crippen LogP contribution in [0.1, 0.15) is 75.2 Å². The van der Waals surface area contributed by atoms with Gasteiger partial charge < -0.3 is 14.7 Å². The Morgan fingerprint density at radius 1 is 1.17 bits per heavy atom. The van der Waals surface area contributed by atoms with Crippen LogP contribution in [-0.4, -0.2) is 45.7 Å². The van der Waals surface area contributed by atoms with E-state index in [0.717, 1.165) is 63.5 Å². The average molecular weight is 514 g/mol. The minimum atomic E-state index is -0.822. The summed E-state index contributed by atoms with van der Waals surface area (Å²) in [5.41, 5.74) is 1.53. The molecule has 2 aliphatic carbocycles. The first-order valence-corrected chi connectivity index (χ1v) is 13.5. The highest BCUT2D eigenvalue weighted by atomic mass is 35.5. The molecule has 2 aromatic rings. The molecule has 3 fully saturated rings. The van der Waals surface area contributed by atoms with E-state index in [4.69, 9.17) is 21.1 Å². The third kappa shape index (κ3) is 4.44. The molecule has 2 aromatic heterocycles. The molecule has 1 saturated heterocycles. The van der Waals surface area contributed by atoms with E-state index in [9.17, 15) is 10.0 Å². The van der Waals surface area contributed by atoms with E-state index in [1.165, 1.54) is 0 Å². The van der Waals surface area contributed by atoms with Gasteiger partial charge in [-0.1, -0.05) is 31.3 Å². The number of aryl methyl sites for hydroxylation is 1. The Labute approximate surface area is 216 Å². The number of rotatable bonds is 6. The van der Waals surface area contributed by atoms with E-state index >= 15 is 0 Å². The molecule has 3 aliphatic rings. The lowest BCUT2D eigenvalue weighted by molar-refractivity contribution is -0.697. The van der Waals surface area contributed by atoms with Crippen LogP contribution in [0.4, 0.5) is 0 Å². The van der Waals surface area contributed by atoms with Crippen LogP contribution < -0.4 is 4.57 Å². The maximum atomic E-state index is 13.9. The fourth-order valence-electron chi connectivity index (χ4n) is 6.34. The highest BCUT2D eigenvalue weighted by Gasteiger charge is 2.62. The van der Waals surface area contributed by atoms with E-state index in [1.807, 2.05) is 24.5 Å². The van der Waals surface area contributed by atoms with Gasteiger partial charge in [0.25, 0.3) is 0 Å². The largest absolute Gasteiger partial charge is 0.411 e.